The average molecular weight is 451 g/mol. The molecular formula is C15H25BrF2O6S. The number of halogens is 3. The monoisotopic (exact) mass is 450 g/mol. The van der Waals surface area contributed by atoms with Gasteiger partial charge >= 0.3 is 17.2 Å². The largest absolute Gasteiger partial charge is 0.465 e. The van der Waals surface area contributed by atoms with Crippen molar-refractivity contribution in [3.63, 3.8) is 0 Å². The van der Waals surface area contributed by atoms with Crippen molar-refractivity contribution in [1.82, 2.24) is 0 Å². The van der Waals surface area contributed by atoms with Crippen molar-refractivity contribution in [2.75, 3.05) is 19.5 Å². The van der Waals surface area contributed by atoms with Crippen LogP contribution in [0.15, 0.2) is 0 Å². The second kappa shape index (κ2) is 8.75. The molecule has 6 nitrogen and oxygen atoms in total. The Morgan fingerprint density at radius 2 is 1.56 bits per heavy atom. The first kappa shape index (κ1) is 24.2. The molecule has 0 radical (unpaired) electrons. The van der Waals surface area contributed by atoms with Gasteiger partial charge < -0.3 is 9.47 Å². The van der Waals surface area contributed by atoms with E-state index in [1.807, 2.05) is 0 Å². The van der Waals surface area contributed by atoms with E-state index < -0.39 is 43.2 Å². The molecule has 25 heavy (non-hydrogen) atoms. The van der Waals surface area contributed by atoms with Crippen LogP contribution in [0.3, 0.4) is 0 Å². The molecule has 0 amide bonds. The highest BCUT2D eigenvalue weighted by Gasteiger charge is 2.64. The molecule has 0 aliphatic carbocycles. The number of unbranched alkanes of at least 4 members (excludes halogenated alkanes) is 1. The summed E-state index contributed by atoms with van der Waals surface area (Å²) >= 11 is 2.61. The molecule has 1 unspecified atom stereocenters. The van der Waals surface area contributed by atoms with Crippen LogP contribution in [-0.4, -0.2) is 49.4 Å². The zero-order chi connectivity index (χ0) is 20.1. The normalized spacial score (nSPS) is 15.4. The van der Waals surface area contributed by atoms with Crippen molar-refractivity contribution in [3.05, 3.63) is 0 Å². The standard InChI is InChI=1S/C15H25BrF2O6S/c1-6-23-12(20)14(16,15(17,18)25(5,21)22)9-7-8-10-24-11(19)13(2,3)4/h6-10H2,1-5H3. The van der Waals surface area contributed by atoms with Gasteiger partial charge in [0.05, 0.1) is 18.6 Å². The van der Waals surface area contributed by atoms with Gasteiger partial charge in [0.15, 0.2) is 0 Å². The first-order chi connectivity index (χ1) is 11.1. The maximum Gasteiger partial charge on any atom is 0.370 e. The lowest BCUT2D eigenvalue weighted by Gasteiger charge is -2.32. The number of sulfone groups is 1. The van der Waals surface area contributed by atoms with Crippen LogP contribution in [0, 0.1) is 5.41 Å². The number of esters is 2. The van der Waals surface area contributed by atoms with Crippen LogP contribution in [0.5, 0.6) is 0 Å². The van der Waals surface area contributed by atoms with Crippen LogP contribution in [0.1, 0.15) is 47.0 Å². The van der Waals surface area contributed by atoms with Gasteiger partial charge in [0, 0.05) is 6.26 Å². The lowest BCUT2D eigenvalue weighted by atomic mass is 9.97. The van der Waals surface area contributed by atoms with E-state index in [0.717, 1.165) is 0 Å². The second-order valence-electron chi connectivity index (χ2n) is 6.65. The molecule has 0 aromatic rings. The molecule has 0 saturated heterocycles. The molecule has 0 aromatic carbocycles. The maximum atomic E-state index is 14.3. The maximum absolute atomic E-state index is 14.3. The Bertz CT molecular complexity index is 585. The minimum atomic E-state index is -4.87. The van der Waals surface area contributed by atoms with Crippen LogP contribution in [-0.2, 0) is 28.9 Å². The predicted molar refractivity (Wildman–Crippen MR) is 92.3 cm³/mol. The van der Waals surface area contributed by atoms with Crippen molar-refractivity contribution in [2.45, 2.75) is 56.5 Å². The summed E-state index contributed by atoms with van der Waals surface area (Å²) in [7, 11) is -4.87. The topological polar surface area (TPSA) is 86.7 Å². The number of carbonyl (C=O) groups excluding carboxylic acids is 2. The van der Waals surface area contributed by atoms with Crippen LogP contribution in [0.2, 0.25) is 0 Å². The zero-order valence-corrected chi connectivity index (χ0v) is 17.4. The van der Waals surface area contributed by atoms with E-state index in [9.17, 15) is 26.8 Å². The Morgan fingerprint density at radius 1 is 1.04 bits per heavy atom. The Balaban J connectivity index is 5.01. The fraction of sp³-hybridized carbons (Fsp3) is 0.867. The lowest BCUT2D eigenvalue weighted by molar-refractivity contribution is -0.154. The van der Waals surface area contributed by atoms with Crippen LogP contribution < -0.4 is 0 Å². The number of ether oxygens (including phenoxy) is 2. The third kappa shape index (κ3) is 6.16. The minimum absolute atomic E-state index is 0.0204. The fourth-order valence-electron chi connectivity index (χ4n) is 1.76. The molecule has 0 N–H and O–H groups in total. The Kier molecular flexibility index (Phi) is 8.48. The molecule has 0 fully saturated rings. The summed E-state index contributed by atoms with van der Waals surface area (Å²) in [5, 5.41) is -4.35. The average Bonchev–Trinajstić information content (AvgIpc) is 2.44. The van der Waals surface area contributed by atoms with E-state index in [-0.39, 0.29) is 26.1 Å². The van der Waals surface area contributed by atoms with Crippen molar-refractivity contribution >= 4 is 37.7 Å². The SMILES string of the molecule is CCOC(=O)C(Br)(CCCCOC(=O)C(C)(C)C)C(F)(F)S(C)(=O)=O. The summed E-state index contributed by atoms with van der Waals surface area (Å²) in [5.41, 5.74) is -0.687. The van der Waals surface area contributed by atoms with Gasteiger partial charge in [0.1, 0.15) is 0 Å². The number of rotatable bonds is 9. The van der Waals surface area contributed by atoms with Gasteiger partial charge in [-0.2, -0.15) is 8.78 Å². The van der Waals surface area contributed by atoms with Gasteiger partial charge in [-0.1, -0.05) is 15.9 Å². The fourth-order valence-corrected chi connectivity index (χ4v) is 3.81. The van der Waals surface area contributed by atoms with Gasteiger partial charge in [-0.05, 0) is 47.0 Å². The minimum Gasteiger partial charge on any atom is -0.465 e. The van der Waals surface area contributed by atoms with Crippen molar-refractivity contribution in [2.24, 2.45) is 5.41 Å². The number of hydrogen-bond acceptors (Lipinski definition) is 6. The number of carbonyl (C=O) groups is 2. The van der Waals surface area contributed by atoms with Crippen LogP contribution in [0.25, 0.3) is 0 Å². The molecule has 0 aliphatic heterocycles. The third-order valence-electron chi connectivity index (χ3n) is 3.29. The van der Waals surface area contributed by atoms with Crippen molar-refractivity contribution in [3.8, 4) is 0 Å². The molecule has 0 bridgehead atoms. The lowest BCUT2D eigenvalue weighted by Crippen LogP contribution is -2.54. The second-order valence-corrected chi connectivity index (χ2v) is 10.1. The van der Waals surface area contributed by atoms with Crippen LogP contribution >= 0.6 is 15.9 Å². The van der Waals surface area contributed by atoms with Crippen molar-refractivity contribution < 1.29 is 36.3 Å². The summed E-state index contributed by atoms with van der Waals surface area (Å²) in [6, 6.07) is 0. The summed E-state index contributed by atoms with van der Waals surface area (Å²) in [6.07, 6.45) is 0.0628. The molecular weight excluding hydrogens is 426 g/mol. The Labute approximate surface area is 155 Å². The summed E-state index contributed by atoms with van der Waals surface area (Å²) in [5.74, 6) is -1.79. The molecule has 148 valence electrons. The van der Waals surface area contributed by atoms with Gasteiger partial charge in [-0.15, -0.1) is 0 Å². The highest BCUT2D eigenvalue weighted by Crippen LogP contribution is 2.45. The van der Waals surface area contributed by atoms with Crippen LogP contribution in [0.4, 0.5) is 8.78 Å². The van der Waals surface area contributed by atoms with Gasteiger partial charge in [0.2, 0.25) is 14.2 Å². The van der Waals surface area contributed by atoms with E-state index in [2.05, 4.69) is 20.7 Å². The van der Waals surface area contributed by atoms with Crippen molar-refractivity contribution in [1.29, 1.82) is 0 Å². The molecule has 0 rings (SSSR count). The molecule has 0 heterocycles. The first-order valence-corrected chi connectivity index (χ1v) is 10.4. The number of alkyl halides is 3. The third-order valence-corrected chi connectivity index (χ3v) is 6.05. The highest BCUT2D eigenvalue weighted by atomic mass is 79.9. The summed E-state index contributed by atoms with van der Waals surface area (Å²) in [6.45, 7) is 6.25. The van der Waals surface area contributed by atoms with Gasteiger partial charge in [0.25, 0.3) is 0 Å². The first-order valence-electron chi connectivity index (χ1n) is 7.72. The molecule has 0 aliphatic rings. The zero-order valence-electron chi connectivity index (χ0n) is 15.0. The van der Waals surface area contributed by atoms with E-state index in [1.165, 1.54) is 6.92 Å². The Hall–Kier alpha value is -0.770. The Morgan fingerprint density at radius 3 is 1.96 bits per heavy atom. The van der Waals surface area contributed by atoms with E-state index >= 15 is 0 Å². The molecule has 0 saturated carbocycles. The smallest absolute Gasteiger partial charge is 0.370 e. The highest BCUT2D eigenvalue weighted by molar-refractivity contribution is 9.10. The molecule has 1 atom stereocenters. The van der Waals surface area contributed by atoms with E-state index in [0.29, 0.717) is 6.26 Å². The van der Waals surface area contributed by atoms with E-state index in [4.69, 9.17) is 4.74 Å². The van der Waals surface area contributed by atoms with Gasteiger partial charge in [-0.3, -0.25) is 9.59 Å². The number of hydrogen-bond donors (Lipinski definition) is 0. The predicted octanol–water partition coefficient (Wildman–Crippen LogP) is 3.08. The molecule has 0 aromatic heterocycles. The molecule has 10 heteroatoms. The molecule has 0 spiro atoms. The van der Waals surface area contributed by atoms with E-state index in [1.54, 1.807) is 20.8 Å². The quantitative estimate of drug-likeness (QED) is 0.304. The van der Waals surface area contributed by atoms with Gasteiger partial charge in [-0.25, -0.2) is 8.42 Å². The summed E-state index contributed by atoms with van der Waals surface area (Å²) in [4.78, 5) is 23.6. The summed E-state index contributed by atoms with van der Waals surface area (Å²) < 4.78 is 58.5.